The third kappa shape index (κ3) is 2.63. The Kier molecular flexibility index (Phi) is 3.41. The van der Waals surface area contributed by atoms with Crippen molar-refractivity contribution in [2.24, 2.45) is 5.92 Å². The molecule has 0 aliphatic carbocycles. The molecule has 1 atom stereocenters. The lowest BCUT2D eigenvalue weighted by atomic mass is 9.92. The molecule has 5 heteroatoms. The smallest absolute Gasteiger partial charge is 0.308 e. The molecule has 0 spiro atoms. The van der Waals surface area contributed by atoms with Crippen LogP contribution in [-0.4, -0.2) is 22.6 Å². The summed E-state index contributed by atoms with van der Waals surface area (Å²) in [6, 6.07) is 7.96. The fourth-order valence-corrected chi connectivity index (χ4v) is 2.89. The number of aromatic nitrogens is 1. The molecule has 0 bridgehead atoms. The monoisotopic (exact) mass is 286 g/mol. The van der Waals surface area contributed by atoms with Crippen molar-refractivity contribution in [2.45, 2.75) is 26.8 Å². The second-order valence-electron chi connectivity index (χ2n) is 5.49. The van der Waals surface area contributed by atoms with Crippen molar-refractivity contribution in [1.29, 1.82) is 0 Å². The summed E-state index contributed by atoms with van der Waals surface area (Å²) in [5.41, 5.74) is 3.02. The molecule has 21 heavy (non-hydrogen) atoms. The lowest BCUT2D eigenvalue weighted by molar-refractivity contribution is -0.141. The van der Waals surface area contributed by atoms with Crippen LogP contribution in [0.25, 0.3) is 0 Å². The molecule has 1 N–H and O–H groups in total. The van der Waals surface area contributed by atoms with E-state index in [-0.39, 0.29) is 5.92 Å². The lowest BCUT2D eigenvalue weighted by Crippen LogP contribution is -2.38. The minimum Gasteiger partial charge on any atom is -0.481 e. The van der Waals surface area contributed by atoms with Crippen LogP contribution in [0.5, 0.6) is 0 Å². The first-order valence-corrected chi connectivity index (χ1v) is 7.03. The average Bonchev–Trinajstić information content (AvgIpc) is 2.76. The molecule has 0 saturated carbocycles. The van der Waals surface area contributed by atoms with Gasteiger partial charge in [-0.1, -0.05) is 18.2 Å². The topological polar surface area (TPSA) is 66.6 Å². The van der Waals surface area contributed by atoms with Gasteiger partial charge in [0.2, 0.25) is 0 Å². The fourth-order valence-electron chi connectivity index (χ4n) is 2.89. The molecule has 0 radical (unpaired) electrons. The van der Waals surface area contributed by atoms with Gasteiger partial charge >= 0.3 is 5.97 Å². The Balaban J connectivity index is 1.93. The van der Waals surface area contributed by atoms with E-state index in [4.69, 9.17) is 4.42 Å². The van der Waals surface area contributed by atoms with Gasteiger partial charge < -0.3 is 14.4 Å². The van der Waals surface area contributed by atoms with Crippen LogP contribution in [0.1, 0.15) is 22.9 Å². The van der Waals surface area contributed by atoms with E-state index in [1.54, 1.807) is 0 Å². The molecule has 1 aliphatic heterocycles. The third-order valence-electron chi connectivity index (χ3n) is 3.92. The average molecular weight is 286 g/mol. The number of para-hydroxylation sites is 1. The number of aryl methyl sites for hydroxylation is 2. The number of aliphatic carboxylic acids is 1. The molecule has 1 aliphatic rings. The standard InChI is InChI=1S/C16H18N2O3/c1-10-15(21-11(2)17-10)9-18-8-13(16(19)20)7-12-5-3-4-6-14(12)18/h3-6,13H,7-9H2,1-2H3,(H,19,20). The fraction of sp³-hybridized carbons (Fsp3) is 0.375. The molecule has 1 unspecified atom stereocenters. The van der Waals surface area contributed by atoms with Crippen molar-refractivity contribution < 1.29 is 14.3 Å². The van der Waals surface area contributed by atoms with Gasteiger partial charge in [0.05, 0.1) is 18.2 Å². The second kappa shape index (κ2) is 5.24. The number of fused-ring (bicyclic) bond motifs is 1. The highest BCUT2D eigenvalue weighted by atomic mass is 16.4. The van der Waals surface area contributed by atoms with Gasteiger partial charge in [0, 0.05) is 19.2 Å². The van der Waals surface area contributed by atoms with Gasteiger partial charge in [-0.25, -0.2) is 4.98 Å². The van der Waals surface area contributed by atoms with E-state index in [9.17, 15) is 9.90 Å². The molecule has 2 heterocycles. The van der Waals surface area contributed by atoms with E-state index in [2.05, 4.69) is 9.88 Å². The molecule has 0 saturated heterocycles. The highest BCUT2D eigenvalue weighted by Gasteiger charge is 2.29. The quantitative estimate of drug-likeness (QED) is 0.939. The number of oxazole rings is 1. The van der Waals surface area contributed by atoms with E-state index < -0.39 is 5.97 Å². The van der Waals surface area contributed by atoms with Crippen LogP contribution >= 0.6 is 0 Å². The summed E-state index contributed by atoms with van der Waals surface area (Å²) >= 11 is 0. The molecular formula is C16H18N2O3. The zero-order valence-electron chi connectivity index (χ0n) is 12.2. The number of hydrogen-bond donors (Lipinski definition) is 1. The van der Waals surface area contributed by atoms with Crippen LogP contribution in [0, 0.1) is 19.8 Å². The maximum Gasteiger partial charge on any atom is 0.308 e. The van der Waals surface area contributed by atoms with Gasteiger partial charge in [-0.15, -0.1) is 0 Å². The predicted octanol–water partition coefficient (Wildman–Crippen LogP) is 2.55. The van der Waals surface area contributed by atoms with E-state index in [1.165, 1.54) is 0 Å². The van der Waals surface area contributed by atoms with Crippen LogP contribution in [0.15, 0.2) is 28.7 Å². The Morgan fingerprint density at radius 3 is 2.86 bits per heavy atom. The summed E-state index contributed by atoms with van der Waals surface area (Å²) in [5.74, 6) is 0.306. The van der Waals surface area contributed by atoms with Crippen LogP contribution < -0.4 is 4.90 Å². The van der Waals surface area contributed by atoms with Crippen LogP contribution in [0.4, 0.5) is 5.69 Å². The minimum atomic E-state index is -0.750. The summed E-state index contributed by atoms with van der Waals surface area (Å²) in [7, 11) is 0. The van der Waals surface area contributed by atoms with Gasteiger partial charge in [0.25, 0.3) is 0 Å². The Morgan fingerprint density at radius 2 is 2.19 bits per heavy atom. The Morgan fingerprint density at radius 1 is 1.43 bits per heavy atom. The number of anilines is 1. The maximum atomic E-state index is 11.4. The maximum absolute atomic E-state index is 11.4. The number of rotatable bonds is 3. The van der Waals surface area contributed by atoms with E-state index in [0.29, 0.717) is 25.4 Å². The molecule has 110 valence electrons. The Labute approximate surface area is 123 Å². The van der Waals surface area contributed by atoms with Gasteiger partial charge in [-0.2, -0.15) is 0 Å². The SMILES string of the molecule is Cc1nc(C)c(CN2CC(C(=O)O)Cc3ccccc32)o1. The normalized spacial score (nSPS) is 17.6. The summed E-state index contributed by atoms with van der Waals surface area (Å²) in [6.45, 7) is 4.77. The molecule has 3 rings (SSSR count). The highest BCUT2D eigenvalue weighted by molar-refractivity contribution is 5.73. The minimum absolute atomic E-state index is 0.385. The molecule has 1 aromatic heterocycles. The first-order valence-electron chi connectivity index (χ1n) is 7.03. The summed E-state index contributed by atoms with van der Waals surface area (Å²) < 4.78 is 5.63. The van der Waals surface area contributed by atoms with Crippen molar-refractivity contribution in [2.75, 3.05) is 11.4 Å². The number of carboxylic acids is 1. The van der Waals surface area contributed by atoms with Crippen molar-refractivity contribution in [3.8, 4) is 0 Å². The van der Waals surface area contributed by atoms with Crippen LogP contribution in [0.2, 0.25) is 0 Å². The summed E-state index contributed by atoms with van der Waals surface area (Å²) in [5, 5.41) is 9.34. The summed E-state index contributed by atoms with van der Waals surface area (Å²) in [4.78, 5) is 17.7. The summed E-state index contributed by atoms with van der Waals surface area (Å²) in [6.07, 6.45) is 0.580. The van der Waals surface area contributed by atoms with Gasteiger partial charge in [0.1, 0.15) is 5.76 Å². The highest BCUT2D eigenvalue weighted by Crippen LogP contribution is 2.31. The Bertz CT molecular complexity index is 678. The molecule has 2 aromatic rings. The largest absolute Gasteiger partial charge is 0.481 e. The third-order valence-corrected chi connectivity index (χ3v) is 3.92. The van der Waals surface area contributed by atoms with Crippen molar-refractivity contribution >= 4 is 11.7 Å². The zero-order chi connectivity index (χ0) is 15.0. The van der Waals surface area contributed by atoms with Crippen molar-refractivity contribution in [3.63, 3.8) is 0 Å². The lowest BCUT2D eigenvalue weighted by Gasteiger charge is -2.34. The van der Waals surface area contributed by atoms with E-state index in [0.717, 1.165) is 22.7 Å². The van der Waals surface area contributed by atoms with Crippen LogP contribution in [0.3, 0.4) is 0 Å². The number of carbonyl (C=O) groups is 1. The van der Waals surface area contributed by atoms with Gasteiger partial charge in [0.15, 0.2) is 5.89 Å². The number of hydrogen-bond acceptors (Lipinski definition) is 4. The predicted molar refractivity (Wildman–Crippen MR) is 78.3 cm³/mol. The second-order valence-corrected chi connectivity index (χ2v) is 5.49. The molecular weight excluding hydrogens is 268 g/mol. The van der Waals surface area contributed by atoms with Gasteiger partial charge in [-0.3, -0.25) is 4.79 Å². The van der Waals surface area contributed by atoms with E-state index in [1.807, 2.05) is 38.1 Å². The van der Waals surface area contributed by atoms with Crippen molar-refractivity contribution in [1.82, 2.24) is 4.98 Å². The number of nitrogens with zero attached hydrogens (tertiary/aromatic N) is 2. The molecule has 1 aromatic carbocycles. The van der Waals surface area contributed by atoms with E-state index >= 15 is 0 Å². The van der Waals surface area contributed by atoms with Crippen molar-refractivity contribution in [3.05, 3.63) is 47.2 Å². The molecule has 0 amide bonds. The van der Waals surface area contributed by atoms with Gasteiger partial charge in [-0.05, 0) is 25.0 Å². The zero-order valence-corrected chi connectivity index (χ0v) is 12.2. The molecule has 5 nitrogen and oxygen atoms in total. The Hall–Kier alpha value is -2.30. The first kappa shape index (κ1) is 13.7. The number of carboxylic acid groups (broad SMARTS) is 1. The molecule has 0 fully saturated rings. The van der Waals surface area contributed by atoms with Crippen LogP contribution in [-0.2, 0) is 17.8 Å². The first-order chi connectivity index (χ1) is 10.0. The number of benzene rings is 1.